The average molecular weight is 439 g/mol. The number of hydrogen-bond donors (Lipinski definition) is 1. The molecule has 2 fully saturated rings. The molecule has 0 radical (unpaired) electrons. The zero-order valence-electron chi connectivity index (χ0n) is 17.8. The maximum absolute atomic E-state index is 13.1. The first kappa shape index (κ1) is 20.2. The number of benzene rings is 1. The van der Waals surface area contributed by atoms with Gasteiger partial charge in [-0.25, -0.2) is 9.50 Å². The van der Waals surface area contributed by atoms with Gasteiger partial charge in [0, 0.05) is 59.1 Å². The number of amides is 1. The lowest BCUT2D eigenvalue weighted by Gasteiger charge is -2.32. The number of rotatable bonds is 4. The van der Waals surface area contributed by atoms with Crippen LogP contribution in [0.15, 0.2) is 35.1 Å². The van der Waals surface area contributed by atoms with Gasteiger partial charge in [-0.05, 0) is 51.0 Å². The van der Waals surface area contributed by atoms with Gasteiger partial charge < -0.3 is 9.64 Å². The van der Waals surface area contributed by atoms with Crippen LogP contribution in [0.1, 0.15) is 46.1 Å². The first-order valence-corrected chi connectivity index (χ1v) is 11.9. The standard InChI is InChI=1S/C23H26N4O3S/c1-14-15(2)24-21-10-20(25-27(21)22(14)28)17-4-3-9-26(11-17)23(29)16-5-7-18(8-6-16)30-19-12-31-13-19/h5-8,10,17,19,25H,3-4,9,11-13H2,1-2H3/t17-/m1/s1. The molecule has 2 saturated heterocycles. The van der Waals surface area contributed by atoms with E-state index >= 15 is 0 Å². The Labute approximate surface area is 184 Å². The van der Waals surface area contributed by atoms with Crippen molar-refractivity contribution in [2.75, 3.05) is 24.6 Å². The van der Waals surface area contributed by atoms with Gasteiger partial charge in [-0.2, -0.15) is 11.8 Å². The average Bonchev–Trinajstić information content (AvgIpc) is 3.19. The van der Waals surface area contributed by atoms with Crippen LogP contribution in [0, 0.1) is 13.8 Å². The molecule has 8 heteroatoms. The third-order valence-corrected chi connectivity index (χ3v) is 7.48. The summed E-state index contributed by atoms with van der Waals surface area (Å²) in [6.07, 6.45) is 2.18. The van der Waals surface area contributed by atoms with Crippen LogP contribution in [0.5, 0.6) is 5.75 Å². The van der Waals surface area contributed by atoms with Crippen molar-refractivity contribution >= 4 is 23.3 Å². The predicted molar refractivity (Wildman–Crippen MR) is 121 cm³/mol. The van der Waals surface area contributed by atoms with E-state index in [4.69, 9.17) is 4.74 Å². The number of carbonyl (C=O) groups excluding carboxylic acids is 1. The Morgan fingerprint density at radius 1 is 1.23 bits per heavy atom. The van der Waals surface area contributed by atoms with Crippen LogP contribution < -0.4 is 10.3 Å². The van der Waals surface area contributed by atoms with Crippen LogP contribution in [0.2, 0.25) is 0 Å². The molecule has 162 valence electrons. The van der Waals surface area contributed by atoms with Crippen LogP contribution in [0.4, 0.5) is 0 Å². The smallest absolute Gasteiger partial charge is 0.275 e. The number of nitrogens with one attached hydrogen (secondary N) is 1. The normalized spacial score (nSPS) is 19.4. The van der Waals surface area contributed by atoms with Gasteiger partial charge in [-0.3, -0.25) is 14.7 Å². The first-order valence-electron chi connectivity index (χ1n) is 10.7. The van der Waals surface area contributed by atoms with Crippen LogP contribution in [-0.2, 0) is 0 Å². The minimum atomic E-state index is -0.0692. The molecule has 5 rings (SSSR count). The van der Waals surface area contributed by atoms with Crippen molar-refractivity contribution in [3.8, 4) is 5.75 Å². The number of ether oxygens (including phenoxy) is 1. The molecule has 31 heavy (non-hydrogen) atoms. The van der Waals surface area contributed by atoms with Crippen molar-refractivity contribution in [3.05, 3.63) is 63.2 Å². The fourth-order valence-electron chi connectivity index (χ4n) is 4.20. The van der Waals surface area contributed by atoms with Crippen LogP contribution in [0.3, 0.4) is 0 Å². The molecule has 2 aromatic heterocycles. The summed E-state index contributed by atoms with van der Waals surface area (Å²) in [6.45, 7) is 5.01. The number of carbonyl (C=O) groups is 1. The van der Waals surface area contributed by atoms with Gasteiger partial charge in [-0.1, -0.05) is 0 Å². The van der Waals surface area contributed by atoms with Crippen molar-refractivity contribution in [1.29, 1.82) is 0 Å². The molecule has 0 aliphatic carbocycles. The van der Waals surface area contributed by atoms with Gasteiger partial charge in [0.25, 0.3) is 11.5 Å². The Hall–Kier alpha value is -2.74. The number of aromatic amines is 1. The summed E-state index contributed by atoms with van der Waals surface area (Å²) in [7, 11) is 0. The van der Waals surface area contributed by atoms with E-state index in [9.17, 15) is 9.59 Å². The van der Waals surface area contributed by atoms with E-state index in [1.165, 1.54) is 4.52 Å². The number of piperidine rings is 1. The Kier molecular flexibility index (Phi) is 5.25. The fourth-order valence-corrected chi connectivity index (χ4v) is 4.76. The second kappa shape index (κ2) is 8.07. The monoisotopic (exact) mass is 438 g/mol. The molecule has 2 aliphatic heterocycles. The minimum Gasteiger partial charge on any atom is -0.489 e. The van der Waals surface area contributed by atoms with Crippen LogP contribution >= 0.6 is 11.8 Å². The van der Waals surface area contributed by atoms with E-state index in [1.807, 2.05) is 53.9 Å². The molecule has 3 aromatic rings. The predicted octanol–water partition coefficient (Wildman–Crippen LogP) is 3.15. The third kappa shape index (κ3) is 3.84. The minimum absolute atomic E-state index is 0.0357. The fraction of sp³-hybridized carbons (Fsp3) is 0.435. The maximum Gasteiger partial charge on any atom is 0.275 e. The van der Waals surface area contributed by atoms with Gasteiger partial charge in [-0.15, -0.1) is 0 Å². The highest BCUT2D eigenvalue weighted by atomic mass is 32.2. The topological polar surface area (TPSA) is 79.7 Å². The Morgan fingerprint density at radius 2 is 2.00 bits per heavy atom. The highest BCUT2D eigenvalue weighted by Crippen LogP contribution is 2.28. The zero-order chi connectivity index (χ0) is 21.5. The van der Waals surface area contributed by atoms with E-state index in [0.29, 0.717) is 29.4 Å². The summed E-state index contributed by atoms with van der Waals surface area (Å²) in [4.78, 5) is 32.1. The lowest BCUT2D eigenvalue weighted by Crippen LogP contribution is -2.39. The highest BCUT2D eigenvalue weighted by molar-refractivity contribution is 8.00. The number of aromatic nitrogens is 3. The van der Waals surface area contributed by atoms with Gasteiger partial charge >= 0.3 is 0 Å². The van der Waals surface area contributed by atoms with E-state index in [2.05, 4.69) is 10.1 Å². The molecule has 1 amide bonds. The molecule has 0 unspecified atom stereocenters. The molecule has 0 spiro atoms. The zero-order valence-corrected chi connectivity index (χ0v) is 18.6. The lowest BCUT2D eigenvalue weighted by atomic mass is 9.94. The van der Waals surface area contributed by atoms with Crippen molar-refractivity contribution in [1.82, 2.24) is 19.5 Å². The molecule has 1 aromatic carbocycles. The molecule has 4 heterocycles. The maximum atomic E-state index is 13.1. The molecule has 7 nitrogen and oxygen atoms in total. The number of H-pyrrole nitrogens is 1. The molecular weight excluding hydrogens is 412 g/mol. The number of likely N-dealkylation sites (tertiary alicyclic amines) is 1. The number of nitrogens with zero attached hydrogens (tertiary/aromatic N) is 3. The number of thioether (sulfide) groups is 1. The van der Waals surface area contributed by atoms with E-state index in [0.717, 1.165) is 48.0 Å². The number of aryl methyl sites for hydroxylation is 1. The van der Waals surface area contributed by atoms with Crippen molar-refractivity contribution < 1.29 is 9.53 Å². The largest absolute Gasteiger partial charge is 0.489 e. The van der Waals surface area contributed by atoms with E-state index in [1.54, 1.807) is 6.92 Å². The molecule has 1 atom stereocenters. The second-order valence-corrected chi connectivity index (χ2v) is 9.50. The quantitative estimate of drug-likeness (QED) is 0.677. The Morgan fingerprint density at radius 3 is 2.71 bits per heavy atom. The first-order chi connectivity index (χ1) is 15.0. The van der Waals surface area contributed by atoms with E-state index < -0.39 is 0 Å². The molecular formula is C23H26N4O3S. The van der Waals surface area contributed by atoms with Crippen LogP contribution in [0.25, 0.3) is 5.65 Å². The molecule has 0 bridgehead atoms. The lowest BCUT2D eigenvalue weighted by molar-refractivity contribution is 0.0705. The summed E-state index contributed by atoms with van der Waals surface area (Å²) in [5, 5.41) is 3.22. The van der Waals surface area contributed by atoms with Gasteiger partial charge in [0.05, 0.1) is 0 Å². The Bertz CT molecular complexity index is 1180. The summed E-state index contributed by atoms with van der Waals surface area (Å²) in [5.74, 6) is 3.07. The van der Waals surface area contributed by atoms with E-state index in [-0.39, 0.29) is 17.4 Å². The van der Waals surface area contributed by atoms with Gasteiger partial charge in [0.15, 0.2) is 5.65 Å². The summed E-state index contributed by atoms with van der Waals surface area (Å²) in [5.41, 5.74) is 3.59. The highest BCUT2D eigenvalue weighted by Gasteiger charge is 2.27. The summed E-state index contributed by atoms with van der Waals surface area (Å²) >= 11 is 1.88. The van der Waals surface area contributed by atoms with Gasteiger partial charge in [0.2, 0.25) is 0 Å². The molecule has 0 saturated carbocycles. The molecule has 1 N–H and O–H groups in total. The van der Waals surface area contributed by atoms with Crippen molar-refractivity contribution in [3.63, 3.8) is 0 Å². The van der Waals surface area contributed by atoms with Crippen molar-refractivity contribution in [2.45, 2.75) is 38.7 Å². The SMILES string of the molecule is Cc1nc2cc([C@@H]3CCCN(C(=O)c4ccc(OC5CSC5)cc4)C3)[nH]n2c(=O)c1C. The summed E-state index contributed by atoms with van der Waals surface area (Å²) in [6, 6.07) is 9.42. The third-order valence-electron chi connectivity index (χ3n) is 6.26. The van der Waals surface area contributed by atoms with Crippen LogP contribution in [-0.4, -0.2) is 56.1 Å². The number of hydrogen-bond acceptors (Lipinski definition) is 5. The second-order valence-electron chi connectivity index (χ2n) is 8.42. The molecule has 2 aliphatic rings. The summed E-state index contributed by atoms with van der Waals surface area (Å²) < 4.78 is 7.39. The van der Waals surface area contributed by atoms with Crippen molar-refractivity contribution in [2.24, 2.45) is 0 Å². The number of fused-ring (bicyclic) bond motifs is 1. The Balaban J connectivity index is 1.32. The van der Waals surface area contributed by atoms with Gasteiger partial charge in [0.1, 0.15) is 11.9 Å².